The zero-order valence-corrected chi connectivity index (χ0v) is 12.6. The molecule has 112 valence electrons. The Hall–Kier alpha value is -2.56. The molecule has 0 amide bonds. The van der Waals surface area contributed by atoms with E-state index in [0.29, 0.717) is 45.1 Å². The number of nitrogens with two attached hydrogens (primary N) is 2. The van der Waals surface area contributed by atoms with E-state index in [-0.39, 0.29) is 11.5 Å². The summed E-state index contributed by atoms with van der Waals surface area (Å²) in [6.07, 6.45) is 0. The van der Waals surface area contributed by atoms with Crippen LogP contribution in [0.5, 0.6) is 23.0 Å². The Kier molecular flexibility index (Phi) is 3.60. The lowest BCUT2D eigenvalue weighted by Gasteiger charge is -2.17. The van der Waals surface area contributed by atoms with Crippen LogP contribution in [0.15, 0.2) is 12.1 Å². The van der Waals surface area contributed by atoms with Crippen LogP contribution >= 0.6 is 0 Å². The molecule has 2 rings (SSSR count). The topological polar surface area (TPSA) is 102 Å². The van der Waals surface area contributed by atoms with Gasteiger partial charge in [-0.05, 0) is 51.0 Å². The molecule has 0 fully saturated rings. The lowest BCUT2D eigenvalue weighted by molar-refractivity contribution is 0.453. The van der Waals surface area contributed by atoms with E-state index in [1.807, 2.05) is 0 Å². The van der Waals surface area contributed by atoms with Crippen LogP contribution in [0.1, 0.15) is 22.3 Å². The Morgan fingerprint density at radius 3 is 1.43 bits per heavy atom. The summed E-state index contributed by atoms with van der Waals surface area (Å²) in [7, 11) is 0. The molecule has 2 aromatic rings. The summed E-state index contributed by atoms with van der Waals surface area (Å²) in [5, 5.41) is 19.6. The van der Waals surface area contributed by atoms with E-state index in [2.05, 4.69) is 0 Å². The Bertz CT molecular complexity index is 663. The van der Waals surface area contributed by atoms with Crippen molar-refractivity contribution >= 4 is 11.4 Å². The van der Waals surface area contributed by atoms with Crippen LogP contribution < -0.4 is 16.2 Å². The van der Waals surface area contributed by atoms with Gasteiger partial charge in [-0.2, -0.15) is 0 Å². The zero-order chi connectivity index (χ0) is 15.9. The maximum atomic E-state index is 9.82. The number of anilines is 2. The van der Waals surface area contributed by atoms with Crippen LogP contribution in [0.2, 0.25) is 0 Å². The fraction of sp³-hybridized carbons (Fsp3) is 0.250. The minimum atomic E-state index is 0.0676. The minimum absolute atomic E-state index is 0.0676. The van der Waals surface area contributed by atoms with Gasteiger partial charge in [0, 0.05) is 11.1 Å². The summed E-state index contributed by atoms with van der Waals surface area (Å²) < 4.78 is 5.89. The third-order valence-corrected chi connectivity index (χ3v) is 3.72. The zero-order valence-electron chi connectivity index (χ0n) is 12.6. The van der Waals surface area contributed by atoms with Crippen molar-refractivity contribution in [3.05, 3.63) is 34.4 Å². The summed E-state index contributed by atoms with van der Waals surface area (Å²) in [5.74, 6) is 1.24. The summed E-state index contributed by atoms with van der Waals surface area (Å²) in [4.78, 5) is 0. The molecule has 21 heavy (non-hydrogen) atoms. The Labute approximate surface area is 123 Å². The van der Waals surface area contributed by atoms with Gasteiger partial charge < -0.3 is 26.4 Å². The Balaban J connectivity index is 2.54. The van der Waals surface area contributed by atoms with Crippen LogP contribution in [0.3, 0.4) is 0 Å². The number of hydrogen-bond acceptors (Lipinski definition) is 5. The Morgan fingerprint density at radius 2 is 1.10 bits per heavy atom. The van der Waals surface area contributed by atoms with Gasteiger partial charge in [0.2, 0.25) is 0 Å². The summed E-state index contributed by atoms with van der Waals surface area (Å²) in [6.45, 7) is 7.05. The summed E-state index contributed by atoms with van der Waals surface area (Å²) in [5.41, 5.74) is 14.9. The third kappa shape index (κ3) is 2.42. The second-order valence-electron chi connectivity index (χ2n) is 5.26. The van der Waals surface area contributed by atoms with Gasteiger partial charge in [0.1, 0.15) is 23.0 Å². The van der Waals surface area contributed by atoms with Crippen LogP contribution in [0.4, 0.5) is 11.4 Å². The van der Waals surface area contributed by atoms with E-state index in [4.69, 9.17) is 16.2 Å². The fourth-order valence-corrected chi connectivity index (χ4v) is 2.12. The highest BCUT2D eigenvalue weighted by atomic mass is 16.5. The van der Waals surface area contributed by atoms with Crippen LogP contribution in [-0.2, 0) is 0 Å². The first kappa shape index (κ1) is 14.8. The van der Waals surface area contributed by atoms with Gasteiger partial charge in [-0.1, -0.05) is 0 Å². The second-order valence-corrected chi connectivity index (χ2v) is 5.26. The van der Waals surface area contributed by atoms with Crippen molar-refractivity contribution in [2.75, 3.05) is 11.5 Å². The van der Waals surface area contributed by atoms with Crippen molar-refractivity contribution in [2.24, 2.45) is 0 Å². The van der Waals surface area contributed by atoms with Crippen molar-refractivity contribution in [1.29, 1.82) is 0 Å². The smallest absolute Gasteiger partial charge is 0.141 e. The van der Waals surface area contributed by atoms with Gasteiger partial charge in [0.15, 0.2) is 0 Å². The highest BCUT2D eigenvalue weighted by Crippen LogP contribution is 2.40. The first-order valence-corrected chi connectivity index (χ1v) is 6.59. The molecule has 0 bridgehead atoms. The molecule has 0 aliphatic heterocycles. The van der Waals surface area contributed by atoms with Gasteiger partial charge in [-0.15, -0.1) is 0 Å². The van der Waals surface area contributed by atoms with E-state index < -0.39 is 0 Å². The molecule has 0 aromatic heterocycles. The first-order valence-electron chi connectivity index (χ1n) is 6.59. The number of phenols is 2. The number of aryl methyl sites for hydroxylation is 2. The maximum absolute atomic E-state index is 9.82. The first-order chi connectivity index (χ1) is 9.73. The molecule has 0 heterocycles. The lowest BCUT2D eigenvalue weighted by atomic mass is 10.1. The lowest BCUT2D eigenvalue weighted by Crippen LogP contribution is -1.99. The van der Waals surface area contributed by atoms with Crippen molar-refractivity contribution in [3.8, 4) is 23.0 Å². The second kappa shape index (κ2) is 5.09. The molecule has 5 nitrogen and oxygen atoms in total. The monoisotopic (exact) mass is 288 g/mol. The number of rotatable bonds is 2. The molecule has 2 aromatic carbocycles. The number of aromatic hydroxyl groups is 2. The van der Waals surface area contributed by atoms with E-state index in [0.717, 1.165) is 0 Å². The SMILES string of the molecule is Cc1cc(Oc2cc(C)c(O)c(N)c2C)c(C)c(N)c1O. The van der Waals surface area contributed by atoms with Crippen molar-refractivity contribution in [3.63, 3.8) is 0 Å². The molecule has 0 aliphatic rings. The molecule has 0 radical (unpaired) electrons. The molecular weight excluding hydrogens is 268 g/mol. The highest BCUT2D eigenvalue weighted by Gasteiger charge is 2.15. The van der Waals surface area contributed by atoms with E-state index in [1.165, 1.54) is 0 Å². The fourth-order valence-electron chi connectivity index (χ4n) is 2.12. The summed E-state index contributed by atoms with van der Waals surface area (Å²) >= 11 is 0. The molecule has 6 N–H and O–H groups in total. The van der Waals surface area contributed by atoms with Gasteiger partial charge in [0.05, 0.1) is 11.4 Å². The van der Waals surface area contributed by atoms with Crippen molar-refractivity contribution < 1.29 is 14.9 Å². The normalized spacial score (nSPS) is 10.7. The number of nitrogen functional groups attached to an aromatic ring is 2. The Morgan fingerprint density at radius 1 is 0.762 bits per heavy atom. The van der Waals surface area contributed by atoms with Crippen molar-refractivity contribution in [2.45, 2.75) is 27.7 Å². The van der Waals surface area contributed by atoms with Gasteiger partial charge in [0.25, 0.3) is 0 Å². The molecule has 0 unspecified atom stereocenters. The molecular formula is C16H20N2O3. The predicted octanol–water partition coefficient (Wildman–Crippen LogP) is 3.29. The van der Waals surface area contributed by atoms with Crippen LogP contribution in [0, 0.1) is 27.7 Å². The minimum Gasteiger partial charge on any atom is -0.505 e. The predicted molar refractivity (Wildman–Crippen MR) is 84.1 cm³/mol. The molecule has 0 spiro atoms. The molecule has 0 atom stereocenters. The number of hydrogen-bond donors (Lipinski definition) is 4. The van der Waals surface area contributed by atoms with E-state index >= 15 is 0 Å². The van der Waals surface area contributed by atoms with E-state index in [9.17, 15) is 10.2 Å². The molecule has 5 heteroatoms. The highest BCUT2D eigenvalue weighted by molar-refractivity contribution is 5.68. The van der Waals surface area contributed by atoms with Crippen LogP contribution in [0.25, 0.3) is 0 Å². The van der Waals surface area contributed by atoms with Gasteiger partial charge >= 0.3 is 0 Å². The molecule has 0 saturated heterocycles. The standard InChI is InChI=1S/C16H20N2O3/c1-7-5-11(9(3)13(17)15(7)19)21-12-6-8(2)16(20)14(18)10(12)4/h5-6,19-20H,17-18H2,1-4H3. The van der Waals surface area contributed by atoms with Gasteiger partial charge in [-0.25, -0.2) is 0 Å². The molecule has 0 aliphatic carbocycles. The maximum Gasteiger partial charge on any atom is 0.141 e. The average molecular weight is 288 g/mol. The number of ether oxygens (including phenoxy) is 1. The largest absolute Gasteiger partial charge is 0.505 e. The molecule has 0 saturated carbocycles. The number of benzene rings is 2. The quantitative estimate of drug-likeness (QED) is 0.501. The van der Waals surface area contributed by atoms with Crippen molar-refractivity contribution in [1.82, 2.24) is 0 Å². The number of phenolic OH excluding ortho intramolecular Hbond substituents is 2. The summed E-state index contributed by atoms with van der Waals surface area (Å²) in [6, 6.07) is 3.44. The van der Waals surface area contributed by atoms with Gasteiger partial charge in [-0.3, -0.25) is 0 Å². The average Bonchev–Trinajstić information content (AvgIpc) is 2.45. The van der Waals surface area contributed by atoms with E-state index in [1.54, 1.807) is 39.8 Å². The third-order valence-electron chi connectivity index (χ3n) is 3.72. The van der Waals surface area contributed by atoms with Crippen LogP contribution in [-0.4, -0.2) is 10.2 Å².